The van der Waals surface area contributed by atoms with Crippen molar-refractivity contribution in [1.29, 1.82) is 5.26 Å². The standard InChI is InChI=1S/C16H22N4O/c1-2-20(15-5-3-4-13(15)11-18)16(21)19-14-8-6-12(10-17)7-9-14/h6-9,13,15H,2-5,11,18H2,1H3,(H,19,21). The molecule has 3 N–H and O–H groups in total. The highest BCUT2D eigenvalue weighted by atomic mass is 16.2. The van der Waals surface area contributed by atoms with Gasteiger partial charge in [0.2, 0.25) is 0 Å². The van der Waals surface area contributed by atoms with Gasteiger partial charge in [0.15, 0.2) is 0 Å². The molecule has 5 heteroatoms. The summed E-state index contributed by atoms with van der Waals surface area (Å²) in [5, 5.41) is 11.7. The molecule has 2 rings (SSSR count). The van der Waals surface area contributed by atoms with E-state index in [2.05, 4.69) is 11.4 Å². The van der Waals surface area contributed by atoms with Gasteiger partial charge in [-0.3, -0.25) is 0 Å². The van der Waals surface area contributed by atoms with Crippen molar-refractivity contribution >= 4 is 11.7 Å². The lowest BCUT2D eigenvalue weighted by molar-refractivity contribution is 0.175. The van der Waals surface area contributed by atoms with Crippen LogP contribution in [0.5, 0.6) is 0 Å². The number of anilines is 1. The normalized spacial score (nSPS) is 20.8. The molecule has 2 atom stereocenters. The second-order valence-electron chi connectivity index (χ2n) is 5.40. The number of benzene rings is 1. The first-order valence-corrected chi connectivity index (χ1v) is 7.47. The van der Waals surface area contributed by atoms with Crippen LogP contribution in [0.15, 0.2) is 24.3 Å². The third-order valence-corrected chi connectivity index (χ3v) is 4.19. The number of urea groups is 1. The molecule has 5 nitrogen and oxygen atoms in total. The molecular weight excluding hydrogens is 264 g/mol. The first kappa shape index (κ1) is 15.3. The molecule has 112 valence electrons. The van der Waals surface area contributed by atoms with Crippen LogP contribution in [-0.2, 0) is 0 Å². The van der Waals surface area contributed by atoms with Crippen molar-refractivity contribution in [2.24, 2.45) is 11.7 Å². The van der Waals surface area contributed by atoms with Gasteiger partial charge in [-0.25, -0.2) is 4.79 Å². The van der Waals surface area contributed by atoms with Crippen molar-refractivity contribution in [2.75, 3.05) is 18.4 Å². The Balaban J connectivity index is 2.04. The van der Waals surface area contributed by atoms with Crippen LogP contribution in [-0.4, -0.2) is 30.1 Å². The maximum Gasteiger partial charge on any atom is 0.322 e. The molecule has 21 heavy (non-hydrogen) atoms. The van der Waals surface area contributed by atoms with E-state index in [1.165, 1.54) is 0 Å². The number of rotatable bonds is 4. The fraction of sp³-hybridized carbons (Fsp3) is 0.500. The predicted molar refractivity (Wildman–Crippen MR) is 82.7 cm³/mol. The van der Waals surface area contributed by atoms with Crippen molar-refractivity contribution in [3.63, 3.8) is 0 Å². The number of amides is 2. The largest absolute Gasteiger partial charge is 0.330 e. The summed E-state index contributed by atoms with van der Waals surface area (Å²) in [5.74, 6) is 0.400. The maximum atomic E-state index is 12.5. The van der Waals surface area contributed by atoms with Gasteiger partial charge in [-0.2, -0.15) is 5.26 Å². The van der Waals surface area contributed by atoms with Gasteiger partial charge in [0.05, 0.1) is 11.6 Å². The van der Waals surface area contributed by atoms with Crippen LogP contribution in [0.4, 0.5) is 10.5 Å². The number of hydrogen-bond acceptors (Lipinski definition) is 3. The molecule has 2 amide bonds. The summed E-state index contributed by atoms with van der Waals surface area (Å²) in [6, 6.07) is 9.10. The van der Waals surface area contributed by atoms with E-state index in [0.29, 0.717) is 30.3 Å². The van der Waals surface area contributed by atoms with E-state index in [9.17, 15) is 4.79 Å². The average molecular weight is 286 g/mol. The fourth-order valence-electron chi connectivity index (χ4n) is 3.05. The molecule has 0 spiro atoms. The molecule has 1 saturated carbocycles. The minimum absolute atomic E-state index is 0.0902. The average Bonchev–Trinajstić information content (AvgIpc) is 2.97. The molecule has 0 bridgehead atoms. The van der Waals surface area contributed by atoms with E-state index in [0.717, 1.165) is 19.3 Å². The summed E-state index contributed by atoms with van der Waals surface area (Å²) in [7, 11) is 0. The van der Waals surface area contributed by atoms with Crippen molar-refractivity contribution in [2.45, 2.75) is 32.2 Å². The van der Waals surface area contributed by atoms with E-state index in [1.807, 2.05) is 11.8 Å². The molecule has 0 heterocycles. The van der Waals surface area contributed by atoms with Gasteiger partial charge in [-0.15, -0.1) is 0 Å². The minimum Gasteiger partial charge on any atom is -0.330 e. The van der Waals surface area contributed by atoms with Gasteiger partial charge < -0.3 is 16.0 Å². The maximum absolute atomic E-state index is 12.5. The zero-order valence-electron chi connectivity index (χ0n) is 12.4. The number of nitrogens with zero attached hydrogens (tertiary/aromatic N) is 2. The first-order chi connectivity index (χ1) is 10.2. The number of carbonyl (C=O) groups is 1. The van der Waals surface area contributed by atoms with Crippen LogP contribution in [0.25, 0.3) is 0 Å². The van der Waals surface area contributed by atoms with E-state index < -0.39 is 0 Å². The Morgan fingerprint density at radius 3 is 2.71 bits per heavy atom. The smallest absolute Gasteiger partial charge is 0.322 e. The zero-order valence-corrected chi connectivity index (χ0v) is 12.4. The lowest BCUT2D eigenvalue weighted by Gasteiger charge is -2.31. The molecule has 0 saturated heterocycles. The predicted octanol–water partition coefficient (Wildman–Crippen LogP) is 2.54. The lowest BCUT2D eigenvalue weighted by atomic mass is 10.0. The van der Waals surface area contributed by atoms with Crippen LogP contribution in [0.1, 0.15) is 31.7 Å². The highest BCUT2D eigenvalue weighted by Gasteiger charge is 2.33. The van der Waals surface area contributed by atoms with Crippen LogP contribution < -0.4 is 11.1 Å². The molecule has 1 aromatic rings. The Kier molecular flexibility index (Phi) is 5.18. The van der Waals surface area contributed by atoms with Crippen molar-refractivity contribution in [3.8, 4) is 6.07 Å². The quantitative estimate of drug-likeness (QED) is 0.892. The van der Waals surface area contributed by atoms with Gasteiger partial charge in [0.25, 0.3) is 0 Å². The Labute approximate surface area is 125 Å². The van der Waals surface area contributed by atoms with Crippen LogP contribution in [0, 0.1) is 17.2 Å². The molecule has 1 aliphatic rings. The van der Waals surface area contributed by atoms with Gasteiger partial charge in [0.1, 0.15) is 0 Å². The highest BCUT2D eigenvalue weighted by molar-refractivity contribution is 5.89. The summed E-state index contributed by atoms with van der Waals surface area (Å²) in [6.45, 7) is 3.29. The summed E-state index contributed by atoms with van der Waals surface area (Å²) in [5.41, 5.74) is 7.10. The summed E-state index contributed by atoms with van der Waals surface area (Å²) < 4.78 is 0. The van der Waals surface area contributed by atoms with Crippen molar-refractivity contribution in [3.05, 3.63) is 29.8 Å². The Bertz CT molecular complexity index is 520. The van der Waals surface area contributed by atoms with Crippen molar-refractivity contribution in [1.82, 2.24) is 4.90 Å². The SMILES string of the molecule is CCN(C(=O)Nc1ccc(C#N)cc1)C1CCCC1CN. The topological polar surface area (TPSA) is 82.2 Å². The number of nitrogens with two attached hydrogens (primary N) is 1. The first-order valence-electron chi connectivity index (χ1n) is 7.47. The van der Waals surface area contributed by atoms with Crippen molar-refractivity contribution < 1.29 is 4.79 Å². The molecule has 2 unspecified atom stereocenters. The number of nitriles is 1. The molecule has 1 fully saturated rings. The van der Waals surface area contributed by atoms with E-state index in [4.69, 9.17) is 11.0 Å². The Hall–Kier alpha value is -2.06. The van der Waals surface area contributed by atoms with Crippen LogP contribution >= 0.6 is 0 Å². The molecule has 1 aromatic carbocycles. The number of carbonyl (C=O) groups excluding carboxylic acids is 1. The van der Waals surface area contributed by atoms with Gasteiger partial charge in [-0.05, 0) is 56.5 Å². The lowest BCUT2D eigenvalue weighted by Crippen LogP contribution is -2.46. The third-order valence-electron chi connectivity index (χ3n) is 4.19. The number of nitrogens with one attached hydrogen (secondary N) is 1. The summed E-state index contributed by atoms with van der Waals surface area (Å²) in [4.78, 5) is 14.3. The fourth-order valence-corrected chi connectivity index (χ4v) is 3.05. The monoisotopic (exact) mass is 286 g/mol. The highest BCUT2D eigenvalue weighted by Crippen LogP contribution is 2.29. The molecule has 0 aliphatic heterocycles. The van der Waals surface area contributed by atoms with E-state index in [-0.39, 0.29) is 12.1 Å². The molecule has 0 radical (unpaired) electrons. The Morgan fingerprint density at radius 1 is 1.43 bits per heavy atom. The van der Waals surface area contributed by atoms with Crippen LogP contribution in [0.2, 0.25) is 0 Å². The summed E-state index contributed by atoms with van der Waals surface area (Å²) in [6.07, 6.45) is 3.26. The molecule has 0 aromatic heterocycles. The molecule has 1 aliphatic carbocycles. The van der Waals surface area contributed by atoms with Gasteiger partial charge in [-0.1, -0.05) is 6.42 Å². The number of hydrogen-bond donors (Lipinski definition) is 2. The summed E-state index contributed by atoms with van der Waals surface area (Å²) >= 11 is 0. The Morgan fingerprint density at radius 2 is 2.14 bits per heavy atom. The zero-order chi connectivity index (χ0) is 15.2. The van der Waals surface area contributed by atoms with Gasteiger partial charge >= 0.3 is 6.03 Å². The second kappa shape index (κ2) is 7.09. The van der Waals surface area contributed by atoms with E-state index in [1.54, 1.807) is 24.3 Å². The third kappa shape index (κ3) is 3.53. The molecular formula is C16H22N4O. The second-order valence-corrected chi connectivity index (χ2v) is 5.40. The van der Waals surface area contributed by atoms with Crippen LogP contribution in [0.3, 0.4) is 0 Å². The minimum atomic E-state index is -0.0902. The van der Waals surface area contributed by atoms with E-state index >= 15 is 0 Å². The van der Waals surface area contributed by atoms with Gasteiger partial charge in [0, 0.05) is 18.3 Å².